The quantitative estimate of drug-likeness (QED) is 0.627. The molecule has 18 heavy (non-hydrogen) atoms. The van der Waals surface area contributed by atoms with E-state index in [-0.39, 0.29) is 0 Å². The van der Waals surface area contributed by atoms with Crippen molar-refractivity contribution in [3.05, 3.63) is 29.8 Å². The second-order valence-electron chi connectivity index (χ2n) is 4.49. The molecular weight excluding hydrogens is 244 g/mol. The highest BCUT2D eigenvalue weighted by Gasteiger charge is 2.08. The first-order valence-corrected chi connectivity index (χ1v) is 7.75. The van der Waals surface area contributed by atoms with Gasteiger partial charge in [-0.25, -0.2) is 0 Å². The maximum atomic E-state index is 5.73. The lowest BCUT2D eigenvalue weighted by atomic mass is 10.2. The number of ether oxygens (including phenoxy) is 1. The fourth-order valence-corrected chi connectivity index (χ4v) is 2.45. The van der Waals surface area contributed by atoms with E-state index in [2.05, 4.69) is 40.7 Å². The summed E-state index contributed by atoms with van der Waals surface area (Å²) in [5, 5.41) is 3.36. The van der Waals surface area contributed by atoms with E-state index in [1.807, 2.05) is 0 Å². The fraction of sp³-hybridized carbons (Fsp3) is 0.571. The van der Waals surface area contributed by atoms with Crippen LogP contribution >= 0.6 is 11.8 Å². The molecule has 4 heteroatoms. The fourth-order valence-electron chi connectivity index (χ4n) is 2.04. The third-order valence-corrected chi connectivity index (χ3v) is 3.93. The van der Waals surface area contributed by atoms with Crippen molar-refractivity contribution in [1.82, 2.24) is 10.2 Å². The van der Waals surface area contributed by atoms with Crippen LogP contribution in [0, 0.1) is 0 Å². The van der Waals surface area contributed by atoms with Crippen LogP contribution in [0.2, 0.25) is 0 Å². The first-order valence-electron chi connectivity index (χ1n) is 6.52. The molecular formula is C14H22N2OS. The van der Waals surface area contributed by atoms with E-state index < -0.39 is 0 Å². The lowest BCUT2D eigenvalue weighted by Crippen LogP contribution is -2.44. The highest BCUT2D eigenvalue weighted by atomic mass is 32.2. The van der Waals surface area contributed by atoms with Gasteiger partial charge in [-0.2, -0.15) is 0 Å². The van der Waals surface area contributed by atoms with Gasteiger partial charge in [0.25, 0.3) is 0 Å². The molecule has 0 saturated carbocycles. The molecule has 1 aliphatic heterocycles. The van der Waals surface area contributed by atoms with Crippen LogP contribution in [0.5, 0.6) is 0 Å². The first-order chi connectivity index (χ1) is 8.88. The minimum absolute atomic E-state index is 0.723. The number of hydrogen-bond acceptors (Lipinski definition) is 4. The molecule has 1 fully saturated rings. The van der Waals surface area contributed by atoms with Gasteiger partial charge in [0.1, 0.15) is 0 Å². The number of piperazine rings is 1. The maximum absolute atomic E-state index is 5.73. The van der Waals surface area contributed by atoms with Crippen LogP contribution in [0.3, 0.4) is 0 Å². The lowest BCUT2D eigenvalue weighted by molar-refractivity contribution is 0.0886. The molecule has 1 aliphatic rings. The number of benzene rings is 1. The summed E-state index contributed by atoms with van der Waals surface area (Å²) in [7, 11) is 0. The average Bonchev–Trinajstić information content (AvgIpc) is 2.45. The second kappa shape index (κ2) is 7.79. The Morgan fingerprint density at radius 2 is 1.94 bits per heavy atom. The molecule has 0 unspecified atom stereocenters. The van der Waals surface area contributed by atoms with Gasteiger partial charge in [0.2, 0.25) is 0 Å². The first kappa shape index (κ1) is 13.9. The molecule has 1 aromatic carbocycles. The van der Waals surface area contributed by atoms with Crippen molar-refractivity contribution in [3.63, 3.8) is 0 Å². The van der Waals surface area contributed by atoms with E-state index in [0.29, 0.717) is 0 Å². The van der Waals surface area contributed by atoms with Crippen LogP contribution in [0.4, 0.5) is 0 Å². The number of hydrogen-bond donors (Lipinski definition) is 1. The van der Waals surface area contributed by atoms with Gasteiger partial charge in [-0.1, -0.05) is 12.1 Å². The van der Waals surface area contributed by atoms with E-state index in [0.717, 1.165) is 45.9 Å². The Kier molecular flexibility index (Phi) is 6.00. The van der Waals surface area contributed by atoms with Crippen LogP contribution in [0.15, 0.2) is 29.2 Å². The minimum atomic E-state index is 0.723. The normalized spacial score (nSPS) is 16.9. The standard InChI is InChI=1S/C14H22N2OS/c1-18-14-4-2-13(3-5-14)12-17-11-10-16-8-6-15-7-9-16/h2-5,15H,6-12H2,1H3. The summed E-state index contributed by atoms with van der Waals surface area (Å²) < 4.78 is 5.73. The zero-order chi connectivity index (χ0) is 12.6. The largest absolute Gasteiger partial charge is 0.375 e. The molecule has 0 bridgehead atoms. The third-order valence-electron chi connectivity index (χ3n) is 3.19. The third kappa shape index (κ3) is 4.61. The van der Waals surface area contributed by atoms with Crippen molar-refractivity contribution in [2.24, 2.45) is 0 Å². The van der Waals surface area contributed by atoms with Crippen LogP contribution in [-0.2, 0) is 11.3 Å². The molecule has 0 atom stereocenters. The van der Waals surface area contributed by atoms with Crippen LogP contribution < -0.4 is 5.32 Å². The Balaban J connectivity index is 1.62. The highest BCUT2D eigenvalue weighted by Crippen LogP contribution is 2.15. The summed E-state index contributed by atoms with van der Waals surface area (Å²) in [6, 6.07) is 8.60. The van der Waals surface area contributed by atoms with Crippen molar-refractivity contribution in [2.75, 3.05) is 45.6 Å². The monoisotopic (exact) mass is 266 g/mol. The number of nitrogens with zero attached hydrogens (tertiary/aromatic N) is 1. The number of thioether (sulfide) groups is 1. The van der Waals surface area contributed by atoms with Gasteiger partial charge in [-0.3, -0.25) is 4.90 Å². The molecule has 1 heterocycles. The van der Waals surface area contributed by atoms with Gasteiger partial charge in [0, 0.05) is 37.6 Å². The summed E-state index contributed by atoms with van der Waals surface area (Å²) in [5.41, 5.74) is 1.26. The Hall–Kier alpha value is -0.550. The predicted octanol–water partition coefficient (Wildman–Crippen LogP) is 1.83. The smallest absolute Gasteiger partial charge is 0.0717 e. The maximum Gasteiger partial charge on any atom is 0.0717 e. The molecule has 2 rings (SSSR count). The Bertz CT molecular complexity index is 336. The van der Waals surface area contributed by atoms with E-state index >= 15 is 0 Å². The number of nitrogens with one attached hydrogen (secondary N) is 1. The summed E-state index contributed by atoms with van der Waals surface area (Å²) in [5.74, 6) is 0. The highest BCUT2D eigenvalue weighted by molar-refractivity contribution is 7.98. The Labute approximate surface area is 114 Å². The van der Waals surface area contributed by atoms with E-state index in [1.54, 1.807) is 11.8 Å². The topological polar surface area (TPSA) is 24.5 Å². The van der Waals surface area contributed by atoms with E-state index in [4.69, 9.17) is 4.74 Å². The molecule has 3 nitrogen and oxygen atoms in total. The second-order valence-corrected chi connectivity index (χ2v) is 5.37. The Morgan fingerprint density at radius 3 is 2.61 bits per heavy atom. The molecule has 0 amide bonds. The summed E-state index contributed by atoms with van der Waals surface area (Å²) in [4.78, 5) is 3.76. The van der Waals surface area contributed by atoms with Crippen LogP contribution in [0.25, 0.3) is 0 Å². The molecule has 1 saturated heterocycles. The molecule has 0 aliphatic carbocycles. The lowest BCUT2D eigenvalue weighted by Gasteiger charge is -2.26. The van der Waals surface area contributed by atoms with Gasteiger partial charge in [0.15, 0.2) is 0 Å². The molecule has 1 aromatic rings. The van der Waals surface area contributed by atoms with Crippen molar-refractivity contribution in [2.45, 2.75) is 11.5 Å². The molecule has 0 aromatic heterocycles. The SMILES string of the molecule is CSc1ccc(COCCN2CCNCC2)cc1. The van der Waals surface area contributed by atoms with Crippen LogP contribution in [-0.4, -0.2) is 50.5 Å². The predicted molar refractivity (Wildman–Crippen MR) is 77.2 cm³/mol. The number of rotatable bonds is 6. The van der Waals surface area contributed by atoms with Crippen molar-refractivity contribution in [3.8, 4) is 0 Å². The molecule has 0 radical (unpaired) electrons. The van der Waals surface area contributed by atoms with E-state index in [1.165, 1.54) is 10.5 Å². The van der Waals surface area contributed by atoms with Gasteiger partial charge in [0.05, 0.1) is 13.2 Å². The van der Waals surface area contributed by atoms with Gasteiger partial charge in [-0.15, -0.1) is 11.8 Å². The zero-order valence-electron chi connectivity index (χ0n) is 11.0. The van der Waals surface area contributed by atoms with Gasteiger partial charge < -0.3 is 10.1 Å². The van der Waals surface area contributed by atoms with Crippen molar-refractivity contribution < 1.29 is 4.74 Å². The molecule has 100 valence electrons. The van der Waals surface area contributed by atoms with E-state index in [9.17, 15) is 0 Å². The Morgan fingerprint density at radius 1 is 1.22 bits per heavy atom. The summed E-state index contributed by atoms with van der Waals surface area (Å²) in [6.07, 6.45) is 2.10. The summed E-state index contributed by atoms with van der Waals surface area (Å²) in [6.45, 7) is 7.10. The minimum Gasteiger partial charge on any atom is -0.375 e. The average molecular weight is 266 g/mol. The van der Waals surface area contributed by atoms with Crippen molar-refractivity contribution in [1.29, 1.82) is 0 Å². The molecule has 1 N–H and O–H groups in total. The zero-order valence-corrected chi connectivity index (χ0v) is 11.8. The van der Waals surface area contributed by atoms with Gasteiger partial charge in [-0.05, 0) is 24.0 Å². The van der Waals surface area contributed by atoms with Gasteiger partial charge >= 0.3 is 0 Å². The van der Waals surface area contributed by atoms with Crippen molar-refractivity contribution >= 4 is 11.8 Å². The summed E-state index contributed by atoms with van der Waals surface area (Å²) >= 11 is 1.77. The van der Waals surface area contributed by atoms with Crippen LogP contribution in [0.1, 0.15) is 5.56 Å². The molecule has 0 spiro atoms.